The zero-order valence-corrected chi connectivity index (χ0v) is 19.2. The molecule has 3 rings (SSSR count). The molecule has 0 unspecified atom stereocenters. The van der Waals surface area contributed by atoms with Crippen LogP contribution in [0.4, 0.5) is 11.9 Å². The molecule has 0 amide bonds. The number of hydrogen-bond donors (Lipinski definition) is 1. The summed E-state index contributed by atoms with van der Waals surface area (Å²) in [6.45, 7) is 5.49. The number of carbonyl (C=O) groups is 1. The minimum atomic E-state index is -3.85. The first kappa shape index (κ1) is 22.9. The number of benzene rings is 1. The summed E-state index contributed by atoms with van der Waals surface area (Å²) in [5.41, 5.74) is 8.00. The van der Waals surface area contributed by atoms with Crippen molar-refractivity contribution in [2.75, 3.05) is 31.3 Å². The molecule has 1 aromatic heterocycles. The van der Waals surface area contributed by atoms with E-state index in [1.807, 2.05) is 19.1 Å². The van der Waals surface area contributed by atoms with E-state index in [0.717, 1.165) is 5.56 Å². The minimum absolute atomic E-state index is 0.0140. The summed E-state index contributed by atoms with van der Waals surface area (Å²) in [6.07, 6.45) is 0.969. The normalized spacial score (nSPS) is 17.0. The Hall–Kier alpha value is -2.79. The maximum Gasteiger partial charge on any atom is 0.324 e. The molecule has 0 bridgehead atoms. The van der Waals surface area contributed by atoms with Gasteiger partial charge in [0.15, 0.2) is 12.4 Å². The van der Waals surface area contributed by atoms with E-state index in [0.29, 0.717) is 29.9 Å². The van der Waals surface area contributed by atoms with E-state index in [1.54, 1.807) is 32.8 Å². The van der Waals surface area contributed by atoms with Gasteiger partial charge in [0.2, 0.25) is 21.9 Å². The highest BCUT2D eigenvalue weighted by atomic mass is 32.2. The average molecular weight is 449 g/mol. The van der Waals surface area contributed by atoms with Gasteiger partial charge in [-0.05, 0) is 44.7 Å². The van der Waals surface area contributed by atoms with Crippen LogP contribution in [0.3, 0.4) is 0 Å². The SMILES string of the molecule is Cc1cc(C)c(S(=O)(=O)N2CCC[C@@H]2C(=O)OCc2nc(N)nc(N(C)C)n2)c(C)c1. The van der Waals surface area contributed by atoms with Crippen LogP contribution in [-0.4, -0.2) is 60.3 Å². The van der Waals surface area contributed by atoms with Crippen LogP contribution in [0.1, 0.15) is 35.4 Å². The Kier molecular flexibility index (Phi) is 6.46. The van der Waals surface area contributed by atoms with E-state index in [9.17, 15) is 13.2 Å². The van der Waals surface area contributed by atoms with Crippen molar-refractivity contribution in [1.82, 2.24) is 19.3 Å². The lowest BCUT2D eigenvalue weighted by Gasteiger charge is -2.24. The summed E-state index contributed by atoms with van der Waals surface area (Å²) in [5.74, 6) is -0.0786. The van der Waals surface area contributed by atoms with Gasteiger partial charge in [0.05, 0.1) is 4.90 Å². The molecule has 1 aliphatic heterocycles. The highest BCUT2D eigenvalue weighted by Gasteiger charge is 2.41. The summed E-state index contributed by atoms with van der Waals surface area (Å²) in [5, 5.41) is 0. The van der Waals surface area contributed by atoms with Gasteiger partial charge in [0, 0.05) is 20.6 Å². The van der Waals surface area contributed by atoms with Crippen LogP contribution in [0.5, 0.6) is 0 Å². The third-order valence-corrected chi connectivity index (χ3v) is 7.29. The van der Waals surface area contributed by atoms with Crippen LogP contribution in [0.15, 0.2) is 17.0 Å². The van der Waals surface area contributed by atoms with Gasteiger partial charge >= 0.3 is 5.97 Å². The molecule has 10 nitrogen and oxygen atoms in total. The van der Waals surface area contributed by atoms with Crippen LogP contribution in [0.2, 0.25) is 0 Å². The van der Waals surface area contributed by atoms with Gasteiger partial charge in [-0.1, -0.05) is 17.7 Å². The highest BCUT2D eigenvalue weighted by molar-refractivity contribution is 7.89. The van der Waals surface area contributed by atoms with Crippen molar-refractivity contribution >= 4 is 27.9 Å². The lowest BCUT2D eigenvalue weighted by molar-refractivity contribution is -0.149. The Labute approximate surface area is 182 Å². The quantitative estimate of drug-likeness (QED) is 0.650. The van der Waals surface area contributed by atoms with E-state index >= 15 is 0 Å². The summed E-state index contributed by atoms with van der Waals surface area (Å²) < 4.78 is 33.4. The Morgan fingerprint density at radius 3 is 2.45 bits per heavy atom. The Bertz CT molecular complexity index is 1080. The Balaban J connectivity index is 1.80. The van der Waals surface area contributed by atoms with Gasteiger partial charge in [-0.2, -0.15) is 19.3 Å². The van der Waals surface area contributed by atoms with E-state index in [1.165, 1.54) is 4.31 Å². The number of esters is 1. The lowest BCUT2D eigenvalue weighted by atomic mass is 10.1. The van der Waals surface area contributed by atoms with Crippen molar-refractivity contribution in [1.29, 1.82) is 0 Å². The van der Waals surface area contributed by atoms with Crippen LogP contribution < -0.4 is 10.6 Å². The van der Waals surface area contributed by atoms with Crippen molar-refractivity contribution in [3.8, 4) is 0 Å². The molecule has 2 heterocycles. The first-order chi connectivity index (χ1) is 14.5. The fraction of sp³-hybridized carbons (Fsp3) is 0.500. The number of sulfonamides is 1. The molecule has 168 valence electrons. The number of nitrogens with two attached hydrogens (primary N) is 1. The predicted octanol–water partition coefficient (Wildman–Crippen LogP) is 1.34. The molecule has 11 heteroatoms. The molecule has 1 fully saturated rings. The first-order valence-electron chi connectivity index (χ1n) is 9.94. The summed E-state index contributed by atoms with van der Waals surface area (Å²) >= 11 is 0. The second-order valence-electron chi connectivity index (χ2n) is 7.91. The minimum Gasteiger partial charge on any atom is -0.456 e. The molecule has 0 radical (unpaired) electrons. The second kappa shape index (κ2) is 8.75. The Morgan fingerprint density at radius 1 is 1.19 bits per heavy atom. The average Bonchev–Trinajstić information content (AvgIpc) is 3.15. The predicted molar refractivity (Wildman–Crippen MR) is 116 cm³/mol. The van der Waals surface area contributed by atoms with Gasteiger partial charge in [-0.3, -0.25) is 4.79 Å². The molecule has 2 N–H and O–H groups in total. The third kappa shape index (κ3) is 4.77. The highest BCUT2D eigenvalue weighted by Crippen LogP contribution is 2.31. The van der Waals surface area contributed by atoms with E-state index in [2.05, 4.69) is 15.0 Å². The smallest absolute Gasteiger partial charge is 0.324 e. The molecule has 0 spiro atoms. The van der Waals surface area contributed by atoms with Crippen LogP contribution >= 0.6 is 0 Å². The zero-order valence-electron chi connectivity index (χ0n) is 18.4. The van der Waals surface area contributed by atoms with Gasteiger partial charge in [-0.25, -0.2) is 8.42 Å². The first-order valence-corrected chi connectivity index (χ1v) is 11.4. The maximum absolute atomic E-state index is 13.4. The van der Waals surface area contributed by atoms with Crippen molar-refractivity contribution in [3.05, 3.63) is 34.6 Å². The molecular weight excluding hydrogens is 420 g/mol. The zero-order chi connectivity index (χ0) is 22.9. The van der Waals surface area contributed by atoms with E-state index in [-0.39, 0.29) is 29.8 Å². The van der Waals surface area contributed by atoms with Gasteiger partial charge in [0.1, 0.15) is 6.04 Å². The summed E-state index contributed by atoms with van der Waals surface area (Å²) in [4.78, 5) is 26.9. The van der Waals surface area contributed by atoms with Gasteiger partial charge in [0.25, 0.3) is 0 Å². The van der Waals surface area contributed by atoms with Crippen molar-refractivity contribution in [2.24, 2.45) is 0 Å². The monoisotopic (exact) mass is 448 g/mol. The molecule has 1 aliphatic rings. The number of nitrogen functional groups attached to an aromatic ring is 1. The fourth-order valence-electron chi connectivity index (χ4n) is 3.88. The second-order valence-corrected chi connectivity index (χ2v) is 9.74. The van der Waals surface area contributed by atoms with Gasteiger partial charge in [-0.15, -0.1) is 0 Å². The molecular formula is C20H28N6O4S. The topological polar surface area (TPSA) is 132 Å². The number of anilines is 2. The molecule has 31 heavy (non-hydrogen) atoms. The number of nitrogens with zero attached hydrogens (tertiary/aromatic N) is 5. The van der Waals surface area contributed by atoms with E-state index < -0.39 is 22.0 Å². The van der Waals surface area contributed by atoms with Crippen molar-refractivity contribution < 1.29 is 17.9 Å². The number of ether oxygens (including phenoxy) is 1. The summed E-state index contributed by atoms with van der Waals surface area (Å²) in [7, 11) is -0.352. The van der Waals surface area contributed by atoms with Crippen molar-refractivity contribution in [3.63, 3.8) is 0 Å². The van der Waals surface area contributed by atoms with Crippen molar-refractivity contribution in [2.45, 2.75) is 51.2 Å². The van der Waals surface area contributed by atoms with E-state index in [4.69, 9.17) is 10.5 Å². The number of carbonyl (C=O) groups excluding carboxylic acids is 1. The molecule has 0 saturated carbocycles. The van der Waals surface area contributed by atoms with Crippen LogP contribution in [0.25, 0.3) is 0 Å². The lowest BCUT2D eigenvalue weighted by Crippen LogP contribution is -2.41. The standard InChI is InChI=1S/C20H28N6O4S/c1-12-9-13(2)17(14(3)10-12)31(28,29)26-8-6-7-15(26)18(27)30-11-16-22-19(21)24-20(23-16)25(4)5/h9-10,15H,6-8,11H2,1-5H3,(H2,21,22,23,24)/t15-/m1/s1. The maximum atomic E-state index is 13.4. The molecule has 1 aromatic carbocycles. The van der Waals surface area contributed by atoms with Crippen LogP contribution in [-0.2, 0) is 26.2 Å². The largest absolute Gasteiger partial charge is 0.456 e. The molecule has 1 atom stereocenters. The number of hydrogen-bond acceptors (Lipinski definition) is 9. The Morgan fingerprint density at radius 2 is 1.84 bits per heavy atom. The van der Waals surface area contributed by atoms with Gasteiger partial charge < -0.3 is 15.4 Å². The third-order valence-electron chi connectivity index (χ3n) is 5.08. The van der Waals surface area contributed by atoms with Crippen LogP contribution in [0, 0.1) is 20.8 Å². The summed E-state index contributed by atoms with van der Waals surface area (Å²) in [6, 6.07) is 2.77. The number of aryl methyl sites for hydroxylation is 3. The fourth-order valence-corrected chi connectivity index (χ4v) is 5.94. The number of aromatic nitrogens is 3. The molecule has 2 aromatic rings. The molecule has 1 saturated heterocycles. The number of rotatable bonds is 6. The molecule has 0 aliphatic carbocycles.